The van der Waals surface area contributed by atoms with E-state index in [1.807, 2.05) is 13.0 Å². The molecule has 0 amide bonds. The summed E-state index contributed by atoms with van der Waals surface area (Å²) < 4.78 is 18.7. The second kappa shape index (κ2) is 5.74. The average molecular weight is 274 g/mol. The standard InChI is InChI=1S/C15H15FN2O2/c1-3-13-11(15(19)20-4-2)5-9-6-12(16)10(8-17)7-14(9)18-13/h6-7,18H,3-5H2,1-2H3. The topological polar surface area (TPSA) is 62.1 Å². The molecule has 20 heavy (non-hydrogen) atoms. The highest BCUT2D eigenvalue weighted by molar-refractivity contribution is 5.92. The number of nitrogens with one attached hydrogen (secondary N) is 1. The lowest BCUT2D eigenvalue weighted by molar-refractivity contribution is -0.138. The lowest BCUT2D eigenvalue weighted by atomic mass is 9.95. The third-order valence-electron chi connectivity index (χ3n) is 3.21. The van der Waals surface area contributed by atoms with Gasteiger partial charge in [0.15, 0.2) is 0 Å². The lowest BCUT2D eigenvalue weighted by Gasteiger charge is -2.23. The van der Waals surface area contributed by atoms with Crippen molar-refractivity contribution in [3.05, 3.63) is 40.3 Å². The number of benzene rings is 1. The summed E-state index contributed by atoms with van der Waals surface area (Å²) in [5.41, 5.74) is 2.60. The molecule has 5 heteroatoms. The normalized spacial score (nSPS) is 13.3. The Morgan fingerprint density at radius 2 is 2.25 bits per heavy atom. The van der Waals surface area contributed by atoms with Crippen LogP contribution in [0.3, 0.4) is 0 Å². The third kappa shape index (κ3) is 2.50. The molecule has 0 spiro atoms. The molecule has 1 aromatic rings. The number of hydrogen-bond acceptors (Lipinski definition) is 4. The van der Waals surface area contributed by atoms with Crippen LogP contribution in [0.4, 0.5) is 10.1 Å². The maximum absolute atomic E-state index is 13.7. The maximum Gasteiger partial charge on any atom is 0.336 e. The predicted molar refractivity (Wildman–Crippen MR) is 72.4 cm³/mol. The van der Waals surface area contributed by atoms with Crippen LogP contribution in [0.5, 0.6) is 0 Å². The Kier molecular flexibility index (Phi) is 4.04. The van der Waals surface area contributed by atoms with Crippen molar-refractivity contribution < 1.29 is 13.9 Å². The van der Waals surface area contributed by atoms with Crippen LogP contribution in [0.15, 0.2) is 23.4 Å². The molecule has 1 heterocycles. The molecule has 0 unspecified atom stereocenters. The van der Waals surface area contributed by atoms with Crippen LogP contribution in [0.1, 0.15) is 31.4 Å². The van der Waals surface area contributed by atoms with Crippen molar-refractivity contribution in [1.82, 2.24) is 0 Å². The third-order valence-corrected chi connectivity index (χ3v) is 3.21. The fourth-order valence-electron chi connectivity index (χ4n) is 2.21. The minimum absolute atomic E-state index is 0.00807. The first kappa shape index (κ1) is 14.1. The number of anilines is 1. The summed E-state index contributed by atoms with van der Waals surface area (Å²) in [5.74, 6) is -0.955. The van der Waals surface area contributed by atoms with Crippen LogP contribution in [-0.4, -0.2) is 12.6 Å². The quantitative estimate of drug-likeness (QED) is 0.861. The summed E-state index contributed by atoms with van der Waals surface area (Å²) in [5, 5.41) is 11.9. The zero-order chi connectivity index (χ0) is 14.7. The van der Waals surface area contributed by atoms with Crippen molar-refractivity contribution in [3.8, 4) is 6.07 Å². The molecule has 0 saturated heterocycles. The highest BCUT2D eigenvalue weighted by Gasteiger charge is 2.24. The van der Waals surface area contributed by atoms with Gasteiger partial charge in [-0.1, -0.05) is 6.92 Å². The average Bonchev–Trinajstić information content (AvgIpc) is 2.45. The molecule has 0 atom stereocenters. The summed E-state index contributed by atoms with van der Waals surface area (Å²) in [6.07, 6.45) is 0.944. The molecule has 0 saturated carbocycles. The van der Waals surface area contributed by atoms with Gasteiger partial charge in [0.05, 0.1) is 17.7 Å². The summed E-state index contributed by atoms with van der Waals surface area (Å²) >= 11 is 0. The van der Waals surface area contributed by atoms with Gasteiger partial charge in [0.2, 0.25) is 0 Å². The maximum atomic E-state index is 13.7. The van der Waals surface area contributed by atoms with E-state index in [1.165, 1.54) is 12.1 Å². The van der Waals surface area contributed by atoms with Crippen LogP contribution in [0.2, 0.25) is 0 Å². The van der Waals surface area contributed by atoms with Gasteiger partial charge >= 0.3 is 5.97 Å². The number of fused-ring (bicyclic) bond motifs is 1. The van der Waals surface area contributed by atoms with Crippen LogP contribution in [0, 0.1) is 17.1 Å². The molecule has 2 rings (SSSR count). The molecule has 1 aliphatic heterocycles. The van der Waals surface area contributed by atoms with E-state index in [4.69, 9.17) is 10.00 Å². The fourth-order valence-corrected chi connectivity index (χ4v) is 2.21. The van der Waals surface area contributed by atoms with Crippen molar-refractivity contribution in [2.75, 3.05) is 11.9 Å². The molecule has 0 aliphatic carbocycles. The molecule has 1 N–H and O–H groups in total. The molecule has 0 bridgehead atoms. The number of ether oxygens (including phenoxy) is 1. The monoisotopic (exact) mass is 274 g/mol. The molecule has 1 aromatic carbocycles. The summed E-state index contributed by atoms with van der Waals surface area (Å²) in [6.45, 7) is 3.96. The number of allylic oxidation sites excluding steroid dienone is 1. The Morgan fingerprint density at radius 3 is 2.85 bits per heavy atom. The minimum Gasteiger partial charge on any atom is -0.463 e. The highest BCUT2D eigenvalue weighted by atomic mass is 19.1. The van der Waals surface area contributed by atoms with Gasteiger partial charge in [-0.2, -0.15) is 5.26 Å². The molecule has 0 aromatic heterocycles. The molecule has 1 aliphatic rings. The number of carbonyl (C=O) groups excluding carboxylic acids is 1. The number of nitrogens with zero attached hydrogens (tertiary/aromatic N) is 1. The Labute approximate surface area is 116 Å². The van der Waals surface area contributed by atoms with E-state index in [1.54, 1.807) is 6.92 Å². The van der Waals surface area contributed by atoms with Gasteiger partial charge in [0.1, 0.15) is 11.9 Å². The highest BCUT2D eigenvalue weighted by Crippen LogP contribution is 2.31. The second-order valence-corrected chi connectivity index (χ2v) is 4.43. The Balaban J connectivity index is 2.41. The SMILES string of the molecule is CCOC(=O)C1=C(CC)Nc2cc(C#N)c(F)cc2C1. The van der Waals surface area contributed by atoms with Crippen LogP contribution >= 0.6 is 0 Å². The smallest absolute Gasteiger partial charge is 0.336 e. The van der Waals surface area contributed by atoms with E-state index in [2.05, 4.69) is 5.32 Å². The van der Waals surface area contributed by atoms with Gasteiger partial charge in [-0.25, -0.2) is 9.18 Å². The number of hydrogen-bond donors (Lipinski definition) is 1. The number of halogens is 1. The minimum atomic E-state index is -0.573. The van der Waals surface area contributed by atoms with E-state index < -0.39 is 5.82 Å². The molecule has 0 radical (unpaired) electrons. The van der Waals surface area contributed by atoms with Crippen LogP contribution in [0.25, 0.3) is 0 Å². The molecular formula is C15H15FN2O2. The van der Waals surface area contributed by atoms with E-state index in [0.29, 0.717) is 36.3 Å². The molecule has 4 nitrogen and oxygen atoms in total. The first-order chi connectivity index (χ1) is 9.60. The van der Waals surface area contributed by atoms with E-state index in [9.17, 15) is 9.18 Å². The lowest BCUT2D eigenvalue weighted by Crippen LogP contribution is -2.20. The predicted octanol–water partition coefficient (Wildman–Crippen LogP) is 2.89. The van der Waals surface area contributed by atoms with E-state index >= 15 is 0 Å². The largest absolute Gasteiger partial charge is 0.463 e. The number of rotatable bonds is 3. The molecular weight excluding hydrogens is 259 g/mol. The number of carbonyl (C=O) groups is 1. The van der Waals surface area contributed by atoms with E-state index in [0.717, 1.165) is 5.70 Å². The van der Waals surface area contributed by atoms with Crippen molar-refractivity contribution >= 4 is 11.7 Å². The zero-order valence-corrected chi connectivity index (χ0v) is 11.4. The number of esters is 1. The summed E-state index contributed by atoms with van der Waals surface area (Å²) in [4.78, 5) is 11.9. The first-order valence-electron chi connectivity index (χ1n) is 6.49. The summed E-state index contributed by atoms with van der Waals surface area (Å²) in [6, 6.07) is 4.58. The van der Waals surface area contributed by atoms with Crippen molar-refractivity contribution in [2.24, 2.45) is 0 Å². The second-order valence-electron chi connectivity index (χ2n) is 4.43. The van der Waals surface area contributed by atoms with Crippen molar-refractivity contribution in [2.45, 2.75) is 26.7 Å². The van der Waals surface area contributed by atoms with Crippen LogP contribution < -0.4 is 5.32 Å². The molecule has 0 fully saturated rings. The van der Waals surface area contributed by atoms with Crippen LogP contribution in [-0.2, 0) is 16.0 Å². The van der Waals surface area contributed by atoms with Crippen molar-refractivity contribution in [3.63, 3.8) is 0 Å². The Bertz CT molecular complexity index is 629. The van der Waals surface area contributed by atoms with Gasteiger partial charge in [-0.15, -0.1) is 0 Å². The first-order valence-corrected chi connectivity index (χ1v) is 6.49. The Morgan fingerprint density at radius 1 is 1.50 bits per heavy atom. The van der Waals surface area contributed by atoms with Gasteiger partial charge in [-0.3, -0.25) is 0 Å². The van der Waals surface area contributed by atoms with Gasteiger partial charge in [-0.05, 0) is 31.0 Å². The van der Waals surface area contributed by atoms with Gasteiger partial charge in [0.25, 0.3) is 0 Å². The summed E-state index contributed by atoms with van der Waals surface area (Å²) in [7, 11) is 0. The van der Waals surface area contributed by atoms with Gasteiger partial charge in [0, 0.05) is 17.8 Å². The molecule has 104 valence electrons. The van der Waals surface area contributed by atoms with E-state index in [-0.39, 0.29) is 11.5 Å². The Hall–Kier alpha value is -2.35. The fraction of sp³-hybridized carbons (Fsp3) is 0.333. The van der Waals surface area contributed by atoms with Gasteiger partial charge < -0.3 is 10.1 Å². The zero-order valence-electron chi connectivity index (χ0n) is 11.4. The number of nitriles is 1. The van der Waals surface area contributed by atoms with Crippen molar-refractivity contribution in [1.29, 1.82) is 5.26 Å².